The van der Waals surface area contributed by atoms with Crippen LogP contribution in [0.5, 0.6) is 0 Å². The van der Waals surface area contributed by atoms with Gasteiger partial charge in [-0.05, 0) is 24.5 Å². The summed E-state index contributed by atoms with van der Waals surface area (Å²) in [6.45, 7) is 4.22. The van der Waals surface area contributed by atoms with Crippen molar-refractivity contribution in [2.24, 2.45) is 0 Å². The lowest BCUT2D eigenvalue weighted by molar-refractivity contribution is 0.698. The molecule has 3 rings (SSSR count). The Labute approximate surface area is 118 Å². The molecule has 0 unspecified atom stereocenters. The molecule has 1 aliphatic rings. The van der Waals surface area contributed by atoms with Crippen LogP contribution in [0.15, 0.2) is 36.0 Å². The molecule has 1 aliphatic heterocycles. The van der Waals surface area contributed by atoms with Crippen molar-refractivity contribution in [1.82, 2.24) is 10.3 Å². The van der Waals surface area contributed by atoms with E-state index >= 15 is 0 Å². The largest absolute Gasteiger partial charge is 0.371 e. The lowest BCUT2D eigenvalue weighted by atomic mass is 10.1. The normalized spacial score (nSPS) is 15.1. The topological polar surface area (TPSA) is 28.2 Å². The van der Waals surface area contributed by atoms with Crippen molar-refractivity contribution in [3.63, 3.8) is 0 Å². The average Bonchev–Trinajstić information content (AvgIpc) is 3.12. The molecule has 1 aromatic carbocycles. The van der Waals surface area contributed by atoms with E-state index in [0.717, 1.165) is 13.1 Å². The number of rotatable bonds is 5. The number of para-hydroxylation sites is 1. The Morgan fingerprint density at radius 2 is 2.00 bits per heavy atom. The van der Waals surface area contributed by atoms with E-state index in [1.807, 2.05) is 11.7 Å². The fourth-order valence-electron chi connectivity index (χ4n) is 2.58. The first kappa shape index (κ1) is 12.6. The average molecular weight is 273 g/mol. The highest BCUT2D eigenvalue weighted by molar-refractivity contribution is 7.09. The maximum absolute atomic E-state index is 4.10. The lowest BCUT2D eigenvalue weighted by Crippen LogP contribution is -2.21. The minimum atomic E-state index is 0.902. The molecule has 4 heteroatoms. The second-order valence-corrected chi connectivity index (χ2v) is 5.87. The highest BCUT2D eigenvalue weighted by atomic mass is 32.1. The summed E-state index contributed by atoms with van der Waals surface area (Å²) in [4.78, 5) is 7.89. The molecular formula is C15H19N3S. The van der Waals surface area contributed by atoms with Crippen molar-refractivity contribution in [3.05, 3.63) is 46.4 Å². The highest BCUT2D eigenvalue weighted by Crippen LogP contribution is 2.24. The third-order valence-corrected chi connectivity index (χ3v) is 4.32. The van der Waals surface area contributed by atoms with Crippen molar-refractivity contribution in [1.29, 1.82) is 0 Å². The molecule has 1 fully saturated rings. The third-order valence-electron chi connectivity index (χ3n) is 3.54. The second-order valence-electron chi connectivity index (χ2n) is 4.89. The van der Waals surface area contributed by atoms with E-state index < -0.39 is 0 Å². The van der Waals surface area contributed by atoms with Gasteiger partial charge < -0.3 is 10.2 Å². The molecule has 2 heterocycles. The summed E-state index contributed by atoms with van der Waals surface area (Å²) in [7, 11) is 0. The van der Waals surface area contributed by atoms with E-state index in [4.69, 9.17) is 0 Å². The van der Waals surface area contributed by atoms with E-state index in [1.165, 1.54) is 42.1 Å². The number of hydrogen-bond acceptors (Lipinski definition) is 4. The van der Waals surface area contributed by atoms with E-state index in [9.17, 15) is 0 Å². The summed E-state index contributed by atoms with van der Waals surface area (Å²) in [5.74, 6) is 0. The highest BCUT2D eigenvalue weighted by Gasteiger charge is 2.14. The minimum absolute atomic E-state index is 0.902. The fourth-order valence-corrected chi connectivity index (χ4v) is 3.14. The molecule has 0 saturated carbocycles. The molecule has 100 valence electrons. The molecule has 0 bridgehead atoms. The molecule has 0 radical (unpaired) electrons. The van der Waals surface area contributed by atoms with E-state index in [1.54, 1.807) is 11.3 Å². The van der Waals surface area contributed by atoms with Gasteiger partial charge in [0.05, 0.1) is 5.51 Å². The van der Waals surface area contributed by atoms with Gasteiger partial charge in [-0.25, -0.2) is 0 Å². The smallest absolute Gasteiger partial charge is 0.0794 e. The Morgan fingerprint density at radius 3 is 2.79 bits per heavy atom. The summed E-state index contributed by atoms with van der Waals surface area (Å²) in [6, 6.07) is 8.74. The molecule has 0 aliphatic carbocycles. The van der Waals surface area contributed by atoms with Crippen molar-refractivity contribution in [2.45, 2.75) is 25.9 Å². The number of thiazole rings is 1. The molecular weight excluding hydrogens is 254 g/mol. The Kier molecular flexibility index (Phi) is 4.10. The number of nitrogens with one attached hydrogen (secondary N) is 1. The predicted octanol–water partition coefficient (Wildman–Crippen LogP) is 3.03. The van der Waals surface area contributed by atoms with Crippen LogP contribution in [0, 0.1) is 0 Å². The first-order valence-corrected chi connectivity index (χ1v) is 7.72. The van der Waals surface area contributed by atoms with Gasteiger partial charge in [0.15, 0.2) is 0 Å². The quantitative estimate of drug-likeness (QED) is 0.907. The first-order valence-electron chi connectivity index (χ1n) is 6.84. The zero-order chi connectivity index (χ0) is 12.9. The zero-order valence-electron chi connectivity index (χ0n) is 11.0. The van der Waals surface area contributed by atoms with Crippen molar-refractivity contribution in [2.75, 3.05) is 18.0 Å². The van der Waals surface area contributed by atoms with Gasteiger partial charge in [-0.15, -0.1) is 11.3 Å². The fraction of sp³-hybridized carbons (Fsp3) is 0.400. The number of aromatic nitrogens is 1. The van der Waals surface area contributed by atoms with Crippen LogP contribution in [0.3, 0.4) is 0 Å². The third kappa shape index (κ3) is 3.14. The maximum atomic E-state index is 4.10. The number of nitrogens with zero attached hydrogens (tertiary/aromatic N) is 2. The number of hydrogen-bond donors (Lipinski definition) is 1. The minimum Gasteiger partial charge on any atom is -0.371 e. The van der Waals surface area contributed by atoms with Gasteiger partial charge in [-0.1, -0.05) is 18.2 Å². The number of anilines is 1. The van der Waals surface area contributed by atoms with Crippen LogP contribution in [-0.2, 0) is 13.1 Å². The van der Waals surface area contributed by atoms with Crippen LogP contribution in [0.2, 0.25) is 0 Å². The summed E-state index contributed by atoms with van der Waals surface area (Å²) < 4.78 is 0. The molecule has 0 spiro atoms. The molecule has 0 amide bonds. The maximum Gasteiger partial charge on any atom is 0.0794 e. The van der Waals surface area contributed by atoms with Crippen LogP contribution in [0.4, 0.5) is 5.69 Å². The van der Waals surface area contributed by atoms with E-state index in [-0.39, 0.29) is 0 Å². The van der Waals surface area contributed by atoms with Gasteiger partial charge in [0.1, 0.15) is 0 Å². The van der Waals surface area contributed by atoms with Crippen LogP contribution in [-0.4, -0.2) is 18.1 Å². The molecule has 2 aromatic rings. The molecule has 3 nitrogen and oxygen atoms in total. The summed E-state index contributed by atoms with van der Waals surface area (Å²) in [6.07, 6.45) is 4.58. The second kappa shape index (κ2) is 6.17. The van der Waals surface area contributed by atoms with Gasteiger partial charge in [-0.3, -0.25) is 4.98 Å². The monoisotopic (exact) mass is 273 g/mol. The van der Waals surface area contributed by atoms with Gasteiger partial charge in [0.25, 0.3) is 0 Å². The van der Waals surface area contributed by atoms with Gasteiger partial charge >= 0.3 is 0 Å². The van der Waals surface area contributed by atoms with Crippen LogP contribution in [0.25, 0.3) is 0 Å². The zero-order valence-corrected chi connectivity index (χ0v) is 11.8. The Balaban J connectivity index is 1.63. The van der Waals surface area contributed by atoms with Crippen LogP contribution < -0.4 is 10.2 Å². The predicted molar refractivity (Wildman–Crippen MR) is 80.5 cm³/mol. The van der Waals surface area contributed by atoms with E-state index in [0.29, 0.717) is 0 Å². The molecule has 1 N–H and O–H groups in total. The summed E-state index contributed by atoms with van der Waals surface area (Å²) >= 11 is 1.70. The lowest BCUT2D eigenvalue weighted by Gasteiger charge is -2.21. The van der Waals surface area contributed by atoms with Gasteiger partial charge in [0, 0.05) is 42.9 Å². The van der Waals surface area contributed by atoms with Crippen molar-refractivity contribution >= 4 is 17.0 Å². The Morgan fingerprint density at radius 1 is 1.16 bits per heavy atom. The Hall–Kier alpha value is -1.39. The molecule has 1 aromatic heterocycles. The van der Waals surface area contributed by atoms with Crippen molar-refractivity contribution < 1.29 is 0 Å². The summed E-state index contributed by atoms with van der Waals surface area (Å²) in [5.41, 5.74) is 4.68. The van der Waals surface area contributed by atoms with E-state index in [2.05, 4.69) is 39.5 Å². The van der Waals surface area contributed by atoms with Crippen LogP contribution in [0.1, 0.15) is 23.3 Å². The molecule has 1 saturated heterocycles. The van der Waals surface area contributed by atoms with Crippen LogP contribution >= 0.6 is 11.3 Å². The Bertz CT molecular complexity index is 504. The molecule has 19 heavy (non-hydrogen) atoms. The number of benzene rings is 1. The summed E-state index contributed by atoms with van der Waals surface area (Å²) in [5, 5.41) is 3.51. The standard InChI is InChI=1S/C15H19N3S/c1-2-6-15(18-7-3-4-8-18)13(5-1)9-16-10-14-11-17-12-19-14/h1-2,5-6,11-12,16H,3-4,7-10H2. The van der Waals surface area contributed by atoms with Gasteiger partial charge in [0.2, 0.25) is 0 Å². The van der Waals surface area contributed by atoms with Gasteiger partial charge in [-0.2, -0.15) is 0 Å². The van der Waals surface area contributed by atoms with Crippen molar-refractivity contribution in [3.8, 4) is 0 Å². The first-order chi connectivity index (χ1) is 9.43. The SMILES string of the molecule is c1ccc(N2CCCC2)c(CNCc2cncs2)c1. The molecule has 0 atom stereocenters.